The van der Waals surface area contributed by atoms with Crippen molar-refractivity contribution >= 4 is 11.9 Å². The van der Waals surface area contributed by atoms with Crippen LogP contribution in [-0.2, 0) is 9.59 Å². The maximum absolute atomic E-state index is 10.7. The van der Waals surface area contributed by atoms with Crippen LogP contribution in [0.25, 0.3) is 0 Å². The molecule has 0 aliphatic heterocycles. The van der Waals surface area contributed by atoms with E-state index in [1.165, 1.54) is 19.3 Å². The van der Waals surface area contributed by atoms with Crippen molar-refractivity contribution < 1.29 is 19.1 Å². The summed E-state index contributed by atoms with van der Waals surface area (Å²) in [6.07, 6.45) is 1.35. The molecule has 0 aliphatic carbocycles. The van der Waals surface area contributed by atoms with Gasteiger partial charge in [0, 0.05) is 6.92 Å². The van der Waals surface area contributed by atoms with Crippen LogP contribution >= 0.6 is 0 Å². The second-order valence-corrected chi connectivity index (χ2v) is 2.49. The van der Waals surface area contributed by atoms with Crippen LogP contribution in [0.1, 0.15) is 18.7 Å². The Morgan fingerprint density at radius 3 is 2.69 bits per heavy atom. The van der Waals surface area contributed by atoms with Crippen LogP contribution in [0.5, 0.6) is 0 Å². The molecule has 0 saturated heterocycles. The molecule has 1 unspecified atom stereocenters. The Morgan fingerprint density at radius 2 is 2.31 bits per heavy atom. The Morgan fingerprint density at radius 1 is 1.62 bits per heavy atom. The lowest BCUT2D eigenvalue weighted by Gasteiger charge is -2.09. The number of hydrogen-bond donors (Lipinski definition) is 2. The number of aliphatic carboxylic acids is 1. The summed E-state index contributed by atoms with van der Waals surface area (Å²) in [5.74, 6) is -1.35. The number of carbonyl (C=O) groups is 2. The van der Waals surface area contributed by atoms with Gasteiger partial charge in [0.25, 0.3) is 0 Å². The second-order valence-electron chi connectivity index (χ2n) is 2.49. The van der Waals surface area contributed by atoms with E-state index in [-0.39, 0.29) is 5.76 Å². The SMILES string of the molecule is CC(=O)NC(C(=O)O)c1ccco1. The maximum Gasteiger partial charge on any atom is 0.334 e. The number of hydrogen-bond acceptors (Lipinski definition) is 3. The average Bonchev–Trinajstić information content (AvgIpc) is 2.50. The number of furan rings is 1. The first kappa shape index (κ1) is 9.31. The number of rotatable bonds is 3. The van der Waals surface area contributed by atoms with Crippen LogP contribution in [-0.4, -0.2) is 17.0 Å². The number of nitrogens with one attached hydrogen (secondary N) is 1. The van der Waals surface area contributed by atoms with Crippen molar-refractivity contribution in [3.05, 3.63) is 24.2 Å². The van der Waals surface area contributed by atoms with Gasteiger partial charge >= 0.3 is 5.97 Å². The van der Waals surface area contributed by atoms with Crippen LogP contribution in [0.15, 0.2) is 22.8 Å². The first-order chi connectivity index (χ1) is 6.11. The molecule has 5 heteroatoms. The molecule has 1 aromatic rings. The highest BCUT2D eigenvalue weighted by atomic mass is 16.4. The van der Waals surface area contributed by atoms with Gasteiger partial charge in [-0.2, -0.15) is 0 Å². The maximum atomic E-state index is 10.7. The highest BCUT2D eigenvalue weighted by Gasteiger charge is 2.22. The van der Waals surface area contributed by atoms with Gasteiger partial charge in [0.05, 0.1) is 6.26 Å². The molecule has 0 radical (unpaired) electrons. The van der Waals surface area contributed by atoms with Crippen molar-refractivity contribution in [1.29, 1.82) is 0 Å². The molecule has 0 saturated carbocycles. The van der Waals surface area contributed by atoms with Crippen molar-refractivity contribution in [3.63, 3.8) is 0 Å². The third kappa shape index (κ3) is 2.33. The molecule has 2 N–H and O–H groups in total. The normalized spacial score (nSPS) is 12.1. The predicted molar refractivity (Wildman–Crippen MR) is 42.9 cm³/mol. The molecule has 5 nitrogen and oxygen atoms in total. The van der Waals surface area contributed by atoms with Crippen LogP contribution in [0.4, 0.5) is 0 Å². The van der Waals surface area contributed by atoms with Gasteiger partial charge in [-0.3, -0.25) is 4.79 Å². The van der Waals surface area contributed by atoms with Crippen molar-refractivity contribution in [2.45, 2.75) is 13.0 Å². The highest BCUT2D eigenvalue weighted by Crippen LogP contribution is 2.13. The van der Waals surface area contributed by atoms with Crippen LogP contribution < -0.4 is 5.32 Å². The lowest BCUT2D eigenvalue weighted by Crippen LogP contribution is -2.31. The van der Waals surface area contributed by atoms with E-state index < -0.39 is 17.9 Å². The smallest absolute Gasteiger partial charge is 0.334 e. The van der Waals surface area contributed by atoms with Crippen LogP contribution in [0, 0.1) is 0 Å². The Labute approximate surface area is 74.4 Å². The molecular weight excluding hydrogens is 174 g/mol. The third-order valence-electron chi connectivity index (χ3n) is 1.42. The van der Waals surface area contributed by atoms with Gasteiger partial charge in [0.1, 0.15) is 5.76 Å². The van der Waals surface area contributed by atoms with Gasteiger partial charge in [0.15, 0.2) is 6.04 Å². The molecule has 0 spiro atoms. The fraction of sp³-hybridized carbons (Fsp3) is 0.250. The van der Waals surface area contributed by atoms with Gasteiger partial charge in [0.2, 0.25) is 5.91 Å². The molecule has 1 amide bonds. The standard InChI is InChI=1S/C8H9NO4/c1-5(10)9-7(8(11)12)6-3-2-4-13-6/h2-4,7H,1H3,(H,9,10)(H,11,12). The Balaban J connectivity index is 2.81. The minimum atomic E-state index is -1.15. The van der Waals surface area contributed by atoms with Gasteiger partial charge < -0.3 is 14.8 Å². The zero-order valence-corrected chi connectivity index (χ0v) is 6.98. The lowest BCUT2D eigenvalue weighted by molar-refractivity contribution is -0.142. The summed E-state index contributed by atoms with van der Waals surface area (Å²) in [6, 6.07) is 1.95. The minimum Gasteiger partial charge on any atom is -0.479 e. The zero-order chi connectivity index (χ0) is 9.84. The molecule has 0 aliphatic rings. The lowest BCUT2D eigenvalue weighted by atomic mass is 10.2. The van der Waals surface area contributed by atoms with Gasteiger partial charge in [-0.15, -0.1) is 0 Å². The van der Waals surface area contributed by atoms with Crippen LogP contribution in [0.2, 0.25) is 0 Å². The molecule has 1 heterocycles. The molecule has 1 rings (SSSR count). The fourth-order valence-electron chi connectivity index (χ4n) is 0.913. The molecule has 0 fully saturated rings. The monoisotopic (exact) mass is 183 g/mol. The number of carboxylic acids is 1. The van der Waals surface area contributed by atoms with E-state index in [4.69, 9.17) is 9.52 Å². The largest absolute Gasteiger partial charge is 0.479 e. The van der Waals surface area contributed by atoms with E-state index in [2.05, 4.69) is 5.32 Å². The van der Waals surface area contributed by atoms with E-state index in [0.29, 0.717) is 0 Å². The highest BCUT2D eigenvalue weighted by molar-refractivity contribution is 5.82. The molecule has 0 bridgehead atoms. The van der Waals surface area contributed by atoms with E-state index >= 15 is 0 Å². The summed E-state index contributed by atoms with van der Waals surface area (Å²) in [5, 5.41) is 11.0. The molecule has 13 heavy (non-hydrogen) atoms. The van der Waals surface area contributed by atoms with Crippen molar-refractivity contribution in [1.82, 2.24) is 5.32 Å². The first-order valence-corrected chi connectivity index (χ1v) is 3.64. The molecular formula is C8H9NO4. The summed E-state index contributed by atoms with van der Waals surface area (Å²) >= 11 is 0. The Hall–Kier alpha value is -1.78. The predicted octanol–water partition coefficient (Wildman–Crippen LogP) is 0.541. The Bertz CT molecular complexity index is 304. The molecule has 0 aromatic carbocycles. The van der Waals surface area contributed by atoms with E-state index in [1.807, 2.05) is 0 Å². The summed E-state index contributed by atoms with van der Waals surface area (Å²) in [7, 11) is 0. The molecule has 1 atom stereocenters. The van der Waals surface area contributed by atoms with Gasteiger partial charge in [-0.1, -0.05) is 0 Å². The molecule has 70 valence electrons. The van der Waals surface area contributed by atoms with E-state index in [1.54, 1.807) is 6.07 Å². The third-order valence-corrected chi connectivity index (χ3v) is 1.42. The van der Waals surface area contributed by atoms with E-state index in [9.17, 15) is 9.59 Å². The Kier molecular flexibility index (Phi) is 2.69. The number of carbonyl (C=O) groups excluding carboxylic acids is 1. The van der Waals surface area contributed by atoms with Crippen molar-refractivity contribution in [2.24, 2.45) is 0 Å². The second kappa shape index (κ2) is 3.75. The summed E-state index contributed by atoms with van der Waals surface area (Å²) in [5.41, 5.74) is 0. The summed E-state index contributed by atoms with van der Waals surface area (Å²) in [6.45, 7) is 1.25. The summed E-state index contributed by atoms with van der Waals surface area (Å²) < 4.78 is 4.86. The minimum absolute atomic E-state index is 0.211. The van der Waals surface area contributed by atoms with Crippen molar-refractivity contribution in [3.8, 4) is 0 Å². The number of amides is 1. The number of carboxylic acid groups (broad SMARTS) is 1. The first-order valence-electron chi connectivity index (χ1n) is 3.64. The summed E-state index contributed by atoms with van der Waals surface area (Å²) in [4.78, 5) is 21.3. The fourth-order valence-corrected chi connectivity index (χ4v) is 0.913. The van der Waals surface area contributed by atoms with Crippen molar-refractivity contribution in [2.75, 3.05) is 0 Å². The van der Waals surface area contributed by atoms with Gasteiger partial charge in [-0.05, 0) is 12.1 Å². The zero-order valence-electron chi connectivity index (χ0n) is 6.98. The van der Waals surface area contributed by atoms with E-state index in [0.717, 1.165) is 0 Å². The topological polar surface area (TPSA) is 79.5 Å². The van der Waals surface area contributed by atoms with Gasteiger partial charge in [-0.25, -0.2) is 4.79 Å². The molecule has 1 aromatic heterocycles. The van der Waals surface area contributed by atoms with Crippen LogP contribution in [0.3, 0.4) is 0 Å². The quantitative estimate of drug-likeness (QED) is 0.716. The average molecular weight is 183 g/mol.